The highest BCUT2D eigenvalue weighted by molar-refractivity contribution is 8.01. The maximum Gasteiger partial charge on any atom is 0.344 e. The molecule has 0 aliphatic carbocycles. The lowest BCUT2D eigenvalue weighted by Gasteiger charge is -2.10. The Balaban J connectivity index is 1.72. The molecule has 0 N–H and O–H groups in total. The molecule has 4 aromatic rings. The molecule has 2 aromatic heterocycles. The van der Waals surface area contributed by atoms with Gasteiger partial charge in [0, 0.05) is 5.69 Å². The van der Waals surface area contributed by atoms with Gasteiger partial charge in [0.1, 0.15) is 11.9 Å². The van der Waals surface area contributed by atoms with E-state index in [9.17, 15) is 18.5 Å². The van der Waals surface area contributed by atoms with Gasteiger partial charge in [0.25, 0.3) is 0 Å². The molecular formula is C19H15N5O4S3. The first-order chi connectivity index (χ1) is 14.8. The van der Waals surface area contributed by atoms with Crippen LogP contribution in [0.1, 0.15) is 11.4 Å². The van der Waals surface area contributed by atoms with E-state index in [1.807, 2.05) is 25.1 Å². The third-order valence-corrected chi connectivity index (χ3v) is 7.84. The van der Waals surface area contributed by atoms with Crippen LogP contribution in [0.3, 0.4) is 0 Å². The monoisotopic (exact) mass is 473 g/mol. The summed E-state index contributed by atoms with van der Waals surface area (Å²) in [5.74, 6) is -0.114. The quantitative estimate of drug-likeness (QED) is 0.291. The highest BCUT2D eigenvalue weighted by Crippen LogP contribution is 2.35. The summed E-state index contributed by atoms with van der Waals surface area (Å²) in [6.07, 6.45) is 1.18. The summed E-state index contributed by atoms with van der Waals surface area (Å²) in [7, 11) is -3.66. The molecule has 2 heterocycles. The zero-order valence-electron chi connectivity index (χ0n) is 16.1. The normalized spacial score (nSPS) is 11.5. The van der Waals surface area contributed by atoms with Gasteiger partial charge < -0.3 is 0 Å². The molecule has 2 aromatic carbocycles. The van der Waals surface area contributed by atoms with Crippen molar-refractivity contribution in [3.8, 4) is 5.69 Å². The van der Waals surface area contributed by atoms with Gasteiger partial charge in [-0.25, -0.2) is 13.4 Å². The van der Waals surface area contributed by atoms with Crippen molar-refractivity contribution < 1.29 is 13.3 Å². The molecule has 0 unspecified atom stereocenters. The zero-order valence-corrected chi connectivity index (χ0v) is 18.5. The Morgan fingerprint density at radius 2 is 1.81 bits per heavy atom. The van der Waals surface area contributed by atoms with E-state index < -0.39 is 14.8 Å². The van der Waals surface area contributed by atoms with Gasteiger partial charge in [-0.3, -0.25) is 14.7 Å². The van der Waals surface area contributed by atoms with Crippen LogP contribution in [0.15, 0.2) is 75.2 Å². The second-order valence-corrected chi connectivity index (χ2v) is 10.7. The Hall–Kier alpha value is -3.09. The number of hydrogen-bond acceptors (Lipinski definition) is 9. The average molecular weight is 474 g/mol. The van der Waals surface area contributed by atoms with E-state index in [4.69, 9.17) is 0 Å². The molecule has 0 radical (unpaired) electrons. The van der Waals surface area contributed by atoms with Crippen LogP contribution in [0, 0.1) is 17.0 Å². The van der Waals surface area contributed by atoms with E-state index in [2.05, 4.69) is 15.2 Å². The maximum atomic E-state index is 13.0. The lowest BCUT2D eigenvalue weighted by atomic mass is 10.2. The van der Waals surface area contributed by atoms with Gasteiger partial charge in [-0.2, -0.15) is 0 Å². The molecule has 0 aliphatic heterocycles. The fourth-order valence-corrected chi connectivity index (χ4v) is 5.76. The summed E-state index contributed by atoms with van der Waals surface area (Å²) in [5, 5.41) is 19.5. The molecule has 0 aliphatic rings. The van der Waals surface area contributed by atoms with Crippen molar-refractivity contribution in [1.29, 1.82) is 0 Å². The molecule has 0 atom stereocenters. The molecule has 9 nitrogen and oxygen atoms in total. The van der Waals surface area contributed by atoms with Gasteiger partial charge in [-0.1, -0.05) is 35.9 Å². The fourth-order valence-electron chi connectivity index (χ4n) is 2.76. The molecule has 0 amide bonds. The number of thiazole rings is 1. The number of nitrogens with zero attached hydrogens (tertiary/aromatic N) is 5. The standard InChI is InChI=1S/C19H15N5O4S3/c1-13-7-9-15(10-8-13)31(27,28)12-16-21-22-18(23(16)14-5-3-2-4-6-14)30-19-20-11-17(29-19)24(25)26/h2-11H,12H2,1H3. The van der Waals surface area contributed by atoms with Gasteiger partial charge in [-0.15, -0.1) is 10.2 Å². The summed E-state index contributed by atoms with van der Waals surface area (Å²) in [6, 6.07) is 15.7. The van der Waals surface area contributed by atoms with Gasteiger partial charge in [0.05, 0.1) is 9.82 Å². The summed E-state index contributed by atoms with van der Waals surface area (Å²) >= 11 is 2.00. The molecule has 0 fully saturated rings. The summed E-state index contributed by atoms with van der Waals surface area (Å²) in [6.45, 7) is 1.88. The summed E-state index contributed by atoms with van der Waals surface area (Å²) < 4.78 is 28.0. The topological polar surface area (TPSA) is 121 Å². The maximum absolute atomic E-state index is 13.0. The number of aryl methyl sites for hydroxylation is 1. The van der Waals surface area contributed by atoms with Crippen molar-refractivity contribution in [3.05, 3.63) is 82.3 Å². The highest BCUT2D eigenvalue weighted by atomic mass is 32.2. The van der Waals surface area contributed by atoms with Gasteiger partial charge >= 0.3 is 5.00 Å². The molecule has 0 spiro atoms. The first-order valence-corrected chi connectivity index (χ1v) is 12.2. The van der Waals surface area contributed by atoms with Crippen LogP contribution in [-0.2, 0) is 15.6 Å². The predicted octanol–water partition coefficient (Wildman–Crippen LogP) is 4.07. The molecule has 0 saturated heterocycles. The molecule has 31 heavy (non-hydrogen) atoms. The third kappa shape index (κ3) is 4.65. The predicted molar refractivity (Wildman–Crippen MR) is 116 cm³/mol. The van der Waals surface area contributed by atoms with E-state index in [1.54, 1.807) is 41.0 Å². The average Bonchev–Trinajstić information content (AvgIpc) is 3.36. The van der Waals surface area contributed by atoms with Crippen molar-refractivity contribution in [3.63, 3.8) is 0 Å². The van der Waals surface area contributed by atoms with E-state index in [0.29, 0.717) is 15.2 Å². The lowest BCUT2D eigenvalue weighted by Crippen LogP contribution is -2.11. The van der Waals surface area contributed by atoms with Crippen LogP contribution < -0.4 is 0 Å². The number of rotatable bonds is 7. The minimum atomic E-state index is -3.66. The number of nitro groups is 1. The van der Waals surface area contributed by atoms with E-state index >= 15 is 0 Å². The van der Waals surface area contributed by atoms with Gasteiger partial charge in [-0.05, 0) is 54.3 Å². The summed E-state index contributed by atoms with van der Waals surface area (Å²) in [5.41, 5.74) is 1.64. The van der Waals surface area contributed by atoms with Crippen molar-refractivity contribution in [1.82, 2.24) is 19.7 Å². The number of sulfone groups is 1. The summed E-state index contributed by atoms with van der Waals surface area (Å²) in [4.78, 5) is 14.7. The molecular weight excluding hydrogens is 458 g/mol. The van der Waals surface area contributed by atoms with Crippen molar-refractivity contribution >= 4 is 37.9 Å². The smallest absolute Gasteiger partial charge is 0.273 e. The Morgan fingerprint density at radius 1 is 1.10 bits per heavy atom. The lowest BCUT2D eigenvalue weighted by molar-refractivity contribution is -0.380. The fraction of sp³-hybridized carbons (Fsp3) is 0.105. The Morgan fingerprint density at radius 3 is 2.45 bits per heavy atom. The minimum absolute atomic E-state index is 0.0875. The van der Waals surface area contributed by atoms with Crippen molar-refractivity contribution in [2.24, 2.45) is 0 Å². The Kier molecular flexibility index (Phi) is 5.85. The van der Waals surface area contributed by atoms with Crippen LogP contribution in [0.5, 0.6) is 0 Å². The molecule has 12 heteroatoms. The Bertz CT molecular complexity index is 1330. The second-order valence-electron chi connectivity index (χ2n) is 6.47. The first-order valence-electron chi connectivity index (χ1n) is 8.91. The highest BCUT2D eigenvalue weighted by Gasteiger charge is 2.24. The number of hydrogen-bond donors (Lipinski definition) is 0. The van der Waals surface area contributed by atoms with E-state index in [-0.39, 0.29) is 21.5 Å². The van der Waals surface area contributed by atoms with Gasteiger partial charge in [0.15, 0.2) is 20.0 Å². The molecule has 0 bridgehead atoms. The van der Waals surface area contributed by atoms with Crippen LogP contribution in [0.2, 0.25) is 0 Å². The van der Waals surface area contributed by atoms with Crippen molar-refractivity contribution in [2.45, 2.75) is 27.1 Å². The number of aromatic nitrogens is 4. The van der Waals surface area contributed by atoms with Crippen molar-refractivity contribution in [2.75, 3.05) is 0 Å². The Labute approximate surface area is 185 Å². The van der Waals surface area contributed by atoms with E-state index in [0.717, 1.165) is 28.7 Å². The first kappa shape index (κ1) is 21.2. The second kappa shape index (κ2) is 8.57. The van der Waals surface area contributed by atoms with Crippen LogP contribution in [0.25, 0.3) is 5.69 Å². The largest absolute Gasteiger partial charge is 0.344 e. The molecule has 158 valence electrons. The molecule has 0 saturated carbocycles. The molecule has 4 rings (SSSR count). The minimum Gasteiger partial charge on any atom is -0.273 e. The van der Waals surface area contributed by atoms with Crippen LogP contribution >= 0.6 is 23.1 Å². The van der Waals surface area contributed by atoms with Crippen LogP contribution in [0.4, 0.5) is 5.00 Å². The number of para-hydroxylation sites is 1. The third-order valence-electron chi connectivity index (χ3n) is 4.24. The number of benzene rings is 2. The SMILES string of the molecule is Cc1ccc(S(=O)(=O)Cc2nnc(Sc3ncc([N+](=O)[O-])s3)n2-c2ccccc2)cc1. The zero-order chi connectivity index (χ0) is 22.0. The van der Waals surface area contributed by atoms with Crippen LogP contribution in [-0.4, -0.2) is 33.1 Å². The van der Waals surface area contributed by atoms with Gasteiger partial charge in [0.2, 0.25) is 5.16 Å². The van der Waals surface area contributed by atoms with E-state index in [1.165, 1.54) is 6.20 Å².